The van der Waals surface area contributed by atoms with E-state index >= 15 is 0 Å². The summed E-state index contributed by atoms with van der Waals surface area (Å²) in [6.45, 7) is 4.40. The summed E-state index contributed by atoms with van der Waals surface area (Å²) in [6.07, 6.45) is 3.61. The van der Waals surface area contributed by atoms with E-state index in [9.17, 15) is 9.59 Å². The van der Waals surface area contributed by atoms with E-state index in [4.69, 9.17) is 0 Å². The third-order valence-electron chi connectivity index (χ3n) is 3.51. The van der Waals surface area contributed by atoms with Crippen molar-refractivity contribution in [1.29, 1.82) is 0 Å². The van der Waals surface area contributed by atoms with Crippen LogP contribution >= 0.6 is 0 Å². The molecule has 5 nitrogen and oxygen atoms in total. The van der Waals surface area contributed by atoms with Crippen molar-refractivity contribution in [2.45, 2.75) is 44.7 Å². The molecule has 0 aliphatic carbocycles. The van der Waals surface area contributed by atoms with E-state index in [0.717, 1.165) is 38.8 Å². The second-order valence-electron chi connectivity index (χ2n) is 4.78. The lowest BCUT2D eigenvalue weighted by Crippen LogP contribution is -2.52. The van der Waals surface area contributed by atoms with Crippen molar-refractivity contribution >= 4 is 11.8 Å². The molecule has 0 aromatic rings. The first kappa shape index (κ1) is 12.4. The molecule has 2 N–H and O–H groups in total. The molecule has 5 heteroatoms. The molecule has 2 aliphatic heterocycles. The average Bonchev–Trinajstić information content (AvgIpc) is 2.69. The van der Waals surface area contributed by atoms with Gasteiger partial charge in [-0.05, 0) is 32.2 Å². The van der Waals surface area contributed by atoms with Crippen LogP contribution in [0.1, 0.15) is 32.6 Å². The fourth-order valence-corrected chi connectivity index (χ4v) is 2.57. The van der Waals surface area contributed by atoms with Crippen molar-refractivity contribution in [3.05, 3.63) is 0 Å². The Morgan fingerprint density at radius 3 is 2.94 bits per heavy atom. The zero-order chi connectivity index (χ0) is 12.3. The number of nitrogens with zero attached hydrogens (tertiary/aromatic N) is 1. The molecular formula is C12H21N3O2. The molecule has 0 spiro atoms. The van der Waals surface area contributed by atoms with Crippen molar-refractivity contribution in [3.63, 3.8) is 0 Å². The SMILES string of the molecule is CCCNC1CCN(C2CCCNC2=O)C1=O. The van der Waals surface area contributed by atoms with E-state index in [0.29, 0.717) is 6.54 Å². The van der Waals surface area contributed by atoms with Crippen LogP contribution in [0.2, 0.25) is 0 Å². The molecule has 2 aliphatic rings. The zero-order valence-electron chi connectivity index (χ0n) is 10.4. The molecule has 0 radical (unpaired) electrons. The lowest BCUT2D eigenvalue weighted by molar-refractivity contribution is -0.139. The molecule has 2 atom stereocenters. The van der Waals surface area contributed by atoms with E-state index in [2.05, 4.69) is 17.6 Å². The van der Waals surface area contributed by atoms with Gasteiger partial charge in [0.15, 0.2) is 0 Å². The van der Waals surface area contributed by atoms with Gasteiger partial charge < -0.3 is 15.5 Å². The van der Waals surface area contributed by atoms with E-state index in [1.54, 1.807) is 4.90 Å². The first-order valence-electron chi connectivity index (χ1n) is 6.55. The Hall–Kier alpha value is -1.10. The summed E-state index contributed by atoms with van der Waals surface area (Å²) in [5, 5.41) is 6.08. The highest BCUT2D eigenvalue weighted by Gasteiger charge is 2.39. The fourth-order valence-electron chi connectivity index (χ4n) is 2.57. The van der Waals surface area contributed by atoms with Crippen LogP contribution in [0.25, 0.3) is 0 Å². The van der Waals surface area contributed by atoms with E-state index < -0.39 is 0 Å². The van der Waals surface area contributed by atoms with E-state index in [-0.39, 0.29) is 23.9 Å². The van der Waals surface area contributed by atoms with Gasteiger partial charge in [0.1, 0.15) is 6.04 Å². The van der Waals surface area contributed by atoms with Gasteiger partial charge in [0.25, 0.3) is 0 Å². The van der Waals surface area contributed by atoms with Gasteiger partial charge in [0.05, 0.1) is 6.04 Å². The van der Waals surface area contributed by atoms with Crippen LogP contribution in [0.5, 0.6) is 0 Å². The van der Waals surface area contributed by atoms with Crippen LogP contribution in [-0.4, -0.2) is 48.4 Å². The van der Waals surface area contributed by atoms with Crippen LogP contribution in [0, 0.1) is 0 Å². The molecule has 2 heterocycles. The lowest BCUT2D eigenvalue weighted by Gasteiger charge is -2.30. The van der Waals surface area contributed by atoms with Gasteiger partial charge in [-0.25, -0.2) is 0 Å². The summed E-state index contributed by atoms with van der Waals surface area (Å²) in [7, 11) is 0. The first-order valence-corrected chi connectivity index (χ1v) is 6.55. The van der Waals surface area contributed by atoms with Crippen LogP contribution < -0.4 is 10.6 Å². The summed E-state index contributed by atoms with van der Waals surface area (Å²) >= 11 is 0. The Kier molecular flexibility index (Phi) is 3.99. The van der Waals surface area contributed by atoms with E-state index in [1.165, 1.54) is 0 Å². The van der Waals surface area contributed by atoms with Crippen LogP contribution in [0.4, 0.5) is 0 Å². The maximum Gasteiger partial charge on any atom is 0.242 e. The summed E-state index contributed by atoms with van der Waals surface area (Å²) < 4.78 is 0. The van der Waals surface area contributed by atoms with Gasteiger partial charge in [0, 0.05) is 13.1 Å². The molecular weight excluding hydrogens is 218 g/mol. The van der Waals surface area contributed by atoms with Gasteiger partial charge in [0.2, 0.25) is 11.8 Å². The third kappa shape index (κ3) is 2.60. The minimum absolute atomic E-state index is 0.0146. The second kappa shape index (κ2) is 5.49. The number of nitrogens with one attached hydrogen (secondary N) is 2. The molecule has 17 heavy (non-hydrogen) atoms. The van der Waals surface area contributed by atoms with E-state index in [1.807, 2.05) is 0 Å². The van der Waals surface area contributed by atoms with Crippen molar-refractivity contribution < 1.29 is 9.59 Å². The normalized spacial score (nSPS) is 29.6. The molecule has 2 unspecified atom stereocenters. The molecule has 0 bridgehead atoms. The molecule has 2 saturated heterocycles. The number of piperidine rings is 1. The Morgan fingerprint density at radius 1 is 1.41 bits per heavy atom. The quantitative estimate of drug-likeness (QED) is 0.718. The predicted octanol–water partition coefficient (Wildman–Crippen LogP) is -0.134. The van der Waals surface area contributed by atoms with Crippen LogP contribution in [-0.2, 0) is 9.59 Å². The maximum absolute atomic E-state index is 12.1. The summed E-state index contributed by atoms with van der Waals surface area (Å²) in [5.74, 6) is 0.112. The molecule has 2 amide bonds. The molecule has 0 aromatic heterocycles. The number of rotatable bonds is 4. The third-order valence-corrected chi connectivity index (χ3v) is 3.51. The summed E-state index contributed by atoms with van der Waals surface area (Å²) in [4.78, 5) is 25.6. The zero-order valence-corrected chi connectivity index (χ0v) is 10.4. The molecule has 96 valence electrons. The number of carbonyl (C=O) groups excluding carboxylic acids is 2. The number of likely N-dealkylation sites (tertiary alicyclic amines) is 1. The van der Waals surface area contributed by atoms with Gasteiger partial charge in [-0.15, -0.1) is 0 Å². The monoisotopic (exact) mass is 239 g/mol. The topological polar surface area (TPSA) is 61.4 Å². The number of carbonyl (C=O) groups is 2. The Bertz CT molecular complexity index is 306. The average molecular weight is 239 g/mol. The highest BCUT2D eigenvalue weighted by Crippen LogP contribution is 2.19. The minimum Gasteiger partial charge on any atom is -0.354 e. The molecule has 0 aromatic carbocycles. The van der Waals surface area contributed by atoms with Gasteiger partial charge in [-0.1, -0.05) is 6.92 Å². The number of hydrogen-bond donors (Lipinski definition) is 2. The standard InChI is InChI=1S/C12H21N3O2/c1-2-6-13-9-5-8-15(12(9)17)10-4-3-7-14-11(10)16/h9-10,13H,2-8H2,1H3,(H,14,16). The van der Waals surface area contributed by atoms with Gasteiger partial charge in [-0.3, -0.25) is 9.59 Å². The predicted molar refractivity (Wildman–Crippen MR) is 64.4 cm³/mol. The van der Waals surface area contributed by atoms with Crippen molar-refractivity contribution in [2.75, 3.05) is 19.6 Å². The Labute approximate surface area is 102 Å². The van der Waals surface area contributed by atoms with Gasteiger partial charge >= 0.3 is 0 Å². The second-order valence-corrected chi connectivity index (χ2v) is 4.78. The minimum atomic E-state index is -0.232. The lowest BCUT2D eigenvalue weighted by atomic mass is 10.1. The maximum atomic E-state index is 12.1. The summed E-state index contributed by atoms with van der Waals surface area (Å²) in [6, 6.07) is -0.311. The van der Waals surface area contributed by atoms with Crippen LogP contribution in [0.3, 0.4) is 0 Å². The number of amides is 2. The largest absolute Gasteiger partial charge is 0.354 e. The Morgan fingerprint density at radius 2 is 2.24 bits per heavy atom. The number of hydrogen-bond acceptors (Lipinski definition) is 3. The van der Waals surface area contributed by atoms with Gasteiger partial charge in [-0.2, -0.15) is 0 Å². The smallest absolute Gasteiger partial charge is 0.242 e. The van der Waals surface area contributed by atoms with Crippen molar-refractivity contribution in [2.24, 2.45) is 0 Å². The highest BCUT2D eigenvalue weighted by atomic mass is 16.2. The van der Waals surface area contributed by atoms with Crippen LogP contribution in [0.15, 0.2) is 0 Å². The highest BCUT2D eigenvalue weighted by molar-refractivity contribution is 5.91. The van der Waals surface area contributed by atoms with Crippen molar-refractivity contribution in [3.8, 4) is 0 Å². The fraction of sp³-hybridized carbons (Fsp3) is 0.833. The molecule has 2 fully saturated rings. The first-order chi connectivity index (χ1) is 8.24. The molecule has 2 rings (SSSR count). The summed E-state index contributed by atoms with van der Waals surface area (Å²) in [5.41, 5.74) is 0. The van der Waals surface area contributed by atoms with Crippen molar-refractivity contribution in [1.82, 2.24) is 15.5 Å². The molecule has 0 saturated carbocycles. The Balaban J connectivity index is 1.94.